The Kier molecular flexibility index (Phi) is 3.36. The summed E-state index contributed by atoms with van der Waals surface area (Å²) in [5.41, 5.74) is 2.24. The lowest BCUT2D eigenvalue weighted by molar-refractivity contribution is 0.0788. The van der Waals surface area contributed by atoms with Crippen LogP contribution in [0.4, 0.5) is 5.69 Å². The summed E-state index contributed by atoms with van der Waals surface area (Å²) in [6.07, 6.45) is 1.83. The minimum atomic E-state index is -0.840. The van der Waals surface area contributed by atoms with Gasteiger partial charge in [-0.3, -0.25) is 4.98 Å². The summed E-state index contributed by atoms with van der Waals surface area (Å²) in [6.45, 7) is 7.57. The molecule has 0 atom stereocenters. The van der Waals surface area contributed by atoms with Crippen LogP contribution < -0.4 is 10.2 Å². The van der Waals surface area contributed by atoms with Gasteiger partial charge in [0, 0.05) is 37.8 Å². The summed E-state index contributed by atoms with van der Waals surface area (Å²) in [6, 6.07) is 8.12. The molecule has 0 bridgehead atoms. The first-order valence-electron chi connectivity index (χ1n) is 7.13. The van der Waals surface area contributed by atoms with Crippen LogP contribution in [-0.4, -0.2) is 36.3 Å². The molecule has 0 saturated carbocycles. The number of anilines is 1. The Morgan fingerprint density at radius 1 is 1.25 bits per heavy atom. The predicted octanol–water partition coefficient (Wildman–Crippen LogP) is 1.87. The number of nitrogens with one attached hydrogen (secondary N) is 1. The van der Waals surface area contributed by atoms with Crippen molar-refractivity contribution < 1.29 is 5.11 Å². The standard InChI is InChI=1S/C16H21N3O/c1-16(2,20)13-10-12-4-3-5-18-15(12)14(11-13)19-8-6-17-7-9-19/h3-5,10-11,17,20H,6-9H2,1-2H3. The molecule has 106 valence electrons. The Balaban J connectivity index is 2.16. The quantitative estimate of drug-likeness (QED) is 0.875. The first-order valence-corrected chi connectivity index (χ1v) is 7.13. The van der Waals surface area contributed by atoms with Gasteiger partial charge in [0.25, 0.3) is 0 Å². The Bertz CT molecular complexity index is 613. The zero-order valence-electron chi connectivity index (χ0n) is 12.1. The van der Waals surface area contributed by atoms with Gasteiger partial charge in [-0.15, -0.1) is 0 Å². The number of piperazine rings is 1. The highest BCUT2D eigenvalue weighted by atomic mass is 16.3. The predicted molar refractivity (Wildman–Crippen MR) is 82.1 cm³/mol. The van der Waals surface area contributed by atoms with Crippen LogP contribution >= 0.6 is 0 Å². The highest BCUT2D eigenvalue weighted by Gasteiger charge is 2.21. The monoisotopic (exact) mass is 271 g/mol. The molecule has 0 aliphatic carbocycles. The van der Waals surface area contributed by atoms with E-state index < -0.39 is 5.60 Å². The van der Waals surface area contributed by atoms with Gasteiger partial charge in [-0.1, -0.05) is 6.07 Å². The fourth-order valence-corrected chi connectivity index (χ4v) is 2.67. The molecular formula is C16H21N3O. The molecule has 2 N–H and O–H groups in total. The first-order chi connectivity index (χ1) is 9.55. The maximum absolute atomic E-state index is 10.3. The molecule has 2 aromatic rings. The summed E-state index contributed by atoms with van der Waals surface area (Å²) < 4.78 is 0. The third-order valence-corrected chi connectivity index (χ3v) is 3.85. The largest absolute Gasteiger partial charge is 0.386 e. The van der Waals surface area contributed by atoms with Crippen molar-refractivity contribution in [1.82, 2.24) is 10.3 Å². The van der Waals surface area contributed by atoms with E-state index in [-0.39, 0.29) is 0 Å². The lowest BCUT2D eigenvalue weighted by atomic mass is 9.95. The van der Waals surface area contributed by atoms with Crippen molar-refractivity contribution >= 4 is 16.6 Å². The van der Waals surface area contributed by atoms with E-state index in [0.29, 0.717) is 0 Å². The smallest absolute Gasteiger partial charge is 0.0935 e. The topological polar surface area (TPSA) is 48.4 Å². The van der Waals surface area contributed by atoms with Crippen LogP contribution in [0.2, 0.25) is 0 Å². The van der Waals surface area contributed by atoms with Crippen molar-refractivity contribution in [3.8, 4) is 0 Å². The maximum atomic E-state index is 10.3. The van der Waals surface area contributed by atoms with Crippen molar-refractivity contribution in [3.63, 3.8) is 0 Å². The van der Waals surface area contributed by atoms with Gasteiger partial charge in [-0.25, -0.2) is 0 Å². The van der Waals surface area contributed by atoms with E-state index in [4.69, 9.17) is 0 Å². The van der Waals surface area contributed by atoms with Gasteiger partial charge in [0.05, 0.1) is 16.8 Å². The molecule has 0 spiro atoms. The van der Waals surface area contributed by atoms with Gasteiger partial charge in [0.2, 0.25) is 0 Å². The molecule has 1 saturated heterocycles. The molecule has 1 fully saturated rings. The van der Waals surface area contributed by atoms with Crippen LogP contribution in [0.25, 0.3) is 10.9 Å². The number of nitrogens with zero attached hydrogens (tertiary/aromatic N) is 2. The van der Waals surface area contributed by atoms with Crippen LogP contribution in [0.15, 0.2) is 30.5 Å². The fourth-order valence-electron chi connectivity index (χ4n) is 2.67. The molecule has 4 heteroatoms. The zero-order chi connectivity index (χ0) is 14.2. The van der Waals surface area contributed by atoms with Crippen molar-refractivity contribution in [2.24, 2.45) is 0 Å². The van der Waals surface area contributed by atoms with E-state index in [9.17, 15) is 5.11 Å². The number of aliphatic hydroxyl groups is 1. The van der Waals surface area contributed by atoms with Gasteiger partial charge in [-0.05, 0) is 37.6 Å². The van der Waals surface area contributed by atoms with Crippen LogP contribution in [-0.2, 0) is 5.60 Å². The second-order valence-corrected chi connectivity index (χ2v) is 5.87. The van der Waals surface area contributed by atoms with Crippen LogP contribution in [0, 0.1) is 0 Å². The average Bonchev–Trinajstić information content (AvgIpc) is 2.46. The number of pyridine rings is 1. The lowest BCUT2D eigenvalue weighted by Gasteiger charge is -2.31. The summed E-state index contributed by atoms with van der Waals surface area (Å²) in [7, 11) is 0. The first kappa shape index (κ1) is 13.3. The zero-order valence-corrected chi connectivity index (χ0v) is 12.1. The molecular weight excluding hydrogens is 250 g/mol. The van der Waals surface area contributed by atoms with Gasteiger partial charge in [0.15, 0.2) is 0 Å². The second-order valence-electron chi connectivity index (χ2n) is 5.87. The summed E-state index contributed by atoms with van der Waals surface area (Å²) >= 11 is 0. The van der Waals surface area contributed by atoms with Crippen LogP contribution in [0.5, 0.6) is 0 Å². The molecule has 1 aromatic carbocycles. The summed E-state index contributed by atoms with van der Waals surface area (Å²) in [4.78, 5) is 6.88. The van der Waals surface area contributed by atoms with Crippen LogP contribution in [0.3, 0.4) is 0 Å². The molecule has 3 rings (SSSR count). The number of benzene rings is 1. The van der Waals surface area contributed by atoms with E-state index in [1.165, 1.54) is 0 Å². The van der Waals surface area contributed by atoms with Crippen molar-refractivity contribution in [2.75, 3.05) is 31.1 Å². The Morgan fingerprint density at radius 2 is 2.00 bits per heavy atom. The molecule has 0 unspecified atom stereocenters. The van der Waals surface area contributed by atoms with E-state index in [1.807, 2.05) is 32.2 Å². The molecule has 0 radical (unpaired) electrons. The van der Waals surface area contributed by atoms with Crippen molar-refractivity contribution in [3.05, 3.63) is 36.0 Å². The second kappa shape index (κ2) is 5.04. The van der Waals surface area contributed by atoms with Gasteiger partial charge >= 0.3 is 0 Å². The molecule has 1 aliphatic heterocycles. The van der Waals surface area contributed by atoms with Crippen molar-refractivity contribution in [2.45, 2.75) is 19.4 Å². The molecule has 20 heavy (non-hydrogen) atoms. The number of hydrogen-bond donors (Lipinski definition) is 2. The minimum absolute atomic E-state index is 0.840. The third kappa shape index (κ3) is 2.49. The molecule has 4 nitrogen and oxygen atoms in total. The van der Waals surface area contributed by atoms with E-state index in [2.05, 4.69) is 27.3 Å². The molecule has 2 heterocycles. The Hall–Kier alpha value is -1.65. The van der Waals surface area contributed by atoms with Gasteiger partial charge < -0.3 is 15.3 Å². The van der Waals surface area contributed by atoms with Gasteiger partial charge in [-0.2, -0.15) is 0 Å². The normalized spacial score (nSPS) is 16.6. The third-order valence-electron chi connectivity index (χ3n) is 3.85. The number of fused-ring (bicyclic) bond motifs is 1. The van der Waals surface area contributed by atoms with E-state index in [1.54, 1.807) is 0 Å². The highest BCUT2D eigenvalue weighted by Crippen LogP contribution is 2.31. The van der Waals surface area contributed by atoms with E-state index in [0.717, 1.165) is 48.3 Å². The number of aromatic nitrogens is 1. The van der Waals surface area contributed by atoms with Crippen LogP contribution in [0.1, 0.15) is 19.4 Å². The molecule has 0 amide bonds. The average molecular weight is 271 g/mol. The van der Waals surface area contributed by atoms with Gasteiger partial charge in [0.1, 0.15) is 0 Å². The fraction of sp³-hybridized carbons (Fsp3) is 0.438. The number of rotatable bonds is 2. The molecule has 1 aliphatic rings. The minimum Gasteiger partial charge on any atom is -0.386 e. The highest BCUT2D eigenvalue weighted by molar-refractivity contribution is 5.91. The lowest BCUT2D eigenvalue weighted by Crippen LogP contribution is -2.43. The van der Waals surface area contributed by atoms with Crippen molar-refractivity contribution in [1.29, 1.82) is 0 Å². The Morgan fingerprint density at radius 3 is 2.70 bits per heavy atom. The molecule has 1 aromatic heterocycles. The maximum Gasteiger partial charge on any atom is 0.0935 e. The summed E-state index contributed by atoms with van der Waals surface area (Å²) in [5.74, 6) is 0. The van der Waals surface area contributed by atoms with E-state index >= 15 is 0 Å². The summed E-state index contributed by atoms with van der Waals surface area (Å²) in [5, 5.41) is 14.8. The number of hydrogen-bond acceptors (Lipinski definition) is 4. The Labute approximate surface area is 119 Å². The SMILES string of the molecule is CC(C)(O)c1cc(N2CCNCC2)c2ncccc2c1.